The molecule has 0 heterocycles. The van der Waals surface area contributed by atoms with E-state index in [0.29, 0.717) is 0 Å². The number of hydrogen-bond donors (Lipinski definition) is 1. The molecule has 0 amide bonds. The van der Waals surface area contributed by atoms with E-state index in [9.17, 15) is 4.79 Å². The Kier molecular flexibility index (Phi) is 9.73. The quantitative estimate of drug-likeness (QED) is 0.410. The van der Waals surface area contributed by atoms with Gasteiger partial charge in [-0.15, -0.1) is 0 Å². The summed E-state index contributed by atoms with van der Waals surface area (Å²) in [5.74, 6) is -0.350. The number of esters is 1. The van der Waals surface area contributed by atoms with E-state index in [1.165, 1.54) is 18.1 Å². The van der Waals surface area contributed by atoms with Crippen molar-refractivity contribution in [3.05, 3.63) is 34.9 Å². The van der Waals surface area contributed by atoms with Gasteiger partial charge in [0.1, 0.15) is 0 Å². The molecular weight excluding hydrogens is 250 g/mol. The third-order valence-electron chi connectivity index (χ3n) is 2.87. The second-order valence-electron chi connectivity index (χ2n) is 5.50. The fourth-order valence-corrected chi connectivity index (χ4v) is 1.83. The summed E-state index contributed by atoms with van der Waals surface area (Å²) >= 11 is 0. The Hall–Kier alpha value is -1.35. The standard InChI is InChI=1S/C17H29NO2/c1-13(2)8-6-9-14(3)10-7-11-15(4)12-17(18)20-16(5)19/h8,10,12,17H,6-7,9,11,18H2,1-5H3. The van der Waals surface area contributed by atoms with Gasteiger partial charge in [0.2, 0.25) is 0 Å². The Morgan fingerprint density at radius 1 is 1.00 bits per heavy atom. The second-order valence-corrected chi connectivity index (χ2v) is 5.50. The van der Waals surface area contributed by atoms with E-state index in [2.05, 4.69) is 32.9 Å². The normalized spacial score (nSPS) is 13.9. The van der Waals surface area contributed by atoms with Crippen LogP contribution in [0.15, 0.2) is 34.9 Å². The zero-order valence-electron chi connectivity index (χ0n) is 13.5. The first-order valence-electron chi connectivity index (χ1n) is 7.20. The van der Waals surface area contributed by atoms with E-state index in [4.69, 9.17) is 10.5 Å². The van der Waals surface area contributed by atoms with Crippen molar-refractivity contribution in [1.29, 1.82) is 0 Å². The lowest BCUT2D eigenvalue weighted by Gasteiger charge is -2.08. The van der Waals surface area contributed by atoms with Gasteiger partial charge >= 0.3 is 5.97 Å². The van der Waals surface area contributed by atoms with Gasteiger partial charge in [0, 0.05) is 6.92 Å². The largest absolute Gasteiger partial charge is 0.443 e. The molecule has 1 atom stereocenters. The van der Waals surface area contributed by atoms with E-state index in [1.807, 2.05) is 6.92 Å². The maximum Gasteiger partial charge on any atom is 0.304 e. The monoisotopic (exact) mass is 279 g/mol. The Labute approximate surface area is 123 Å². The Bertz CT molecular complexity index is 388. The molecular formula is C17H29NO2. The van der Waals surface area contributed by atoms with Gasteiger partial charge in [0.05, 0.1) is 0 Å². The average Bonchev–Trinajstić information content (AvgIpc) is 2.26. The number of carbonyl (C=O) groups excluding carboxylic acids is 1. The van der Waals surface area contributed by atoms with Crippen LogP contribution in [0.3, 0.4) is 0 Å². The molecule has 0 bridgehead atoms. The summed E-state index contributed by atoms with van der Waals surface area (Å²) in [6, 6.07) is 0. The van der Waals surface area contributed by atoms with Crippen molar-refractivity contribution < 1.29 is 9.53 Å². The predicted molar refractivity (Wildman–Crippen MR) is 85.2 cm³/mol. The van der Waals surface area contributed by atoms with Crippen LogP contribution in [0.1, 0.15) is 60.3 Å². The molecule has 2 N–H and O–H groups in total. The Morgan fingerprint density at radius 3 is 2.10 bits per heavy atom. The lowest BCUT2D eigenvalue weighted by molar-refractivity contribution is -0.143. The zero-order chi connectivity index (χ0) is 15.5. The Balaban J connectivity index is 4.05. The molecule has 0 spiro atoms. The van der Waals surface area contributed by atoms with Crippen molar-refractivity contribution in [2.45, 2.75) is 66.5 Å². The molecule has 0 aromatic rings. The minimum Gasteiger partial charge on any atom is -0.443 e. The highest BCUT2D eigenvalue weighted by Gasteiger charge is 2.02. The van der Waals surface area contributed by atoms with Crippen molar-refractivity contribution >= 4 is 5.97 Å². The molecule has 0 aromatic carbocycles. The highest BCUT2D eigenvalue weighted by atomic mass is 16.5. The zero-order valence-corrected chi connectivity index (χ0v) is 13.5. The van der Waals surface area contributed by atoms with Gasteiger partial charge < -0.3 is 4.74 Å². The fourth-order valence-electron chi connectivity index (χ4n) is 1.83. The number of rotatable bonds is 8. The maximum atomic E-state index is 10.7. The van der Waals surface area contributed by atoms with Crippen molar-refractivity contribution in [3.63, 3.8) is 0 Å². The van der Waals surface area contributed by atoms with E-state index in [-0.39, 0.29) is 5.97 Å². The summed E-state index contributed by atoms with van der Waals surface area (Å²) in [7, 11) is 0. The second kappa shape index (κ2) is 10.4. The molecule has 0 aromatic heterocycles. The molecule has 0 saturated carbocycles. The van der Waals surface area contributed by atoms with Crippen molar-refractivity contribution in [2.24, 2.45) is 5.73 Å². The topological polar surface area (TPSA) is 52.3 Å². The molecule has 20 heavy (non-hydrogen) atoms. The smallest absolute Gasteiger partial charge is 0.304 e. The number of hydrogen-bond acceptors (Lipinski definition) is 3. The van der Waals surface area contributed by atoms with Crippen LogP contribution in [0.2, 0.25) is 0 Å². The molecule has 3 heteroatoms. The van der Waals surface area contributed by atoms with Crippen LogP contribution in [-0.2, 0) is 9.53 Å². The van der Waals surface area contributed by atoms with E-state index >= 15 is 0 Å². The van der Waals surface area contributed by atoms with Gasteiger partial charge in [-0.3, -0.25) is 10.5 Å². The average molecular weight is 279 g/mol. The van der Waals surface area contributed by atoms with E-state index in [1.54, 1.807) is 6.08 Å². The molecule has 0 fully saturated rings. The molecule has 114 valence electrons. The number of nitrogens with two attached hydrogens (primary N) is 1. The first-order chi connectivity index (χ1) is 9.31. The molecule has 3 nitrogen and oxygen atoms in total. The van der Waals surface area contributed by atoms with Crippen LogP contribution >= 0.6 is 0 Å². The summed E-state index contributed by atoms with van der Waals surface area (Å²) in [6.45, 7) is 9.79. The van der Waals surface area contributed by atoms with Gasteiger partial charge in [0.25, 0.3) is 0 Å². The highest BCUT2D eigenvalue weighted by Crippen LogP contribution is 2.11. The van der Waals surface area contributed by atoms with Gasteiger partial charge in [-0.05, 0) is 59.5 Å². The lowest BCUT2D eigenvalue weighted by Crippen LogP contribution is -2.23. The summed E-state index contributed by atoms with van der Waals surface area (Å²) in [5.41, 5.74) is 9.59. The summed E-state index contributed by atoms with van der Waals surface area (Å²) < 4.78 is 4.86. The van der Waals surface area contributed by atoms with Crippen molar-refractivity contribution in [1.82, 2.24) is 0 Å². The minimum absolute atomic E-state index is 0.350. The summed E-state index contributed by atoms with van der Waals surface area (Å²) in [4.78, 5) is 10.7. The lowest BCUT2D eigenvalue weighted by atomic mass is 10.1. The van der Waals surface area contributed by atoms with Crippen LogP contribution in [-0.4, -0.2) is 12.2 Å². The van der Waals surface area contributed by atoms with Crippen LogP contribution in [0.5, 0.6) is 0 Å². The van der Waals surface area contributed by atoms with E-state index in [0.717, 1.165) is 31.3 Å². The third-order valence-corrected chi connectivity index (χ3v) is 2.87. The number of allylic oxidation sites excluding steroid dienone is 5. The summed E-state index contributed by atoms with van der Waals surface area (Å²) in [6.07, 6.45) is 9.86. The maximum absolute atomic E-state index is 10.7. The Morgan fingerprint density at radius 2 is 1.55 bits per heavy atom. The van der Waals surface area contributed by atoms with Crippen LogP contribution < -0.4 is 5.73 Å². The number of ether oxygens (including phenoxy) is 1. The molecule has 0 aliphatic heterocycles. The van der Waals surface area contributed by atoms with Crippen LogP contribution in [0.4, 0.5) is 0 Å². The van der Waals surface area contributed by atoms with Gasteiger partial charge in [-0.1, -0.05) is 28.9 Å². The molecule has 0 radical (unpaired) electrons. The predicted octanol–water partition coefficient (Wildman–Crippen LogP) is 4.25. The first-order valence-corrected chi connectivity index (χ1v) is 7.20. The van der Waals surface area contributed by atoms with Crippen LogP contribution in [0, 0.1) is 0 Å². The van der Waals surface area contributed by atoms with Crippen molar-refractivity contribution in [2.75, 3.05) is 0 Å². The first kappa shape index (κ1) is 18.7. The van der Waals surface area contributed by atoms with Gasteiger partial charge in [-0.2, -0.15) is 0 Å². The number of carbonyl (C=O) groups is 1. The highest BCUT2D eigenvalue weighted by molar-refractivity contribution is 5.66. The third kappa shape index (κ3) is 11.7. The molecule has 0 saturated heterocycles. The molecule has 0 aliphatic rings. The summed E-state index contributed by atoms with van der Waals surface area (Å²) in [5, 5.41) is 0. The van der Waals surface area contributed by atoms with E-state index < -0.39 is 6.23 Å². The van der Waals surface area contributed by atoms with Gasteiger partial charge in [-0.25, -0.2) is 0 Å². The fraction of sp³-hybridized carbons (Fsp3) is 0.588. The van der Waals surface area contributed by atoms with Gasteiger partial charge in [0.15, 0.2) is 6.23 Å². The molecule has 1 unspecified atom stereocenters. The minimum atomic E-state index is -0.629. The molecule has 0 aliphatic carbocycles. The van der Waals surface area contributed by atoms with Crippen molar-refractivity contribution in [3.8, 4) is 0 Å². The molecule has 0 rings (SSSR count). The van der Waals surface area contributed by atoms with Crippen LogP contribution in [0.25, 0.3) is 0 Å². The SMILES string of the molecule is CC(=O)OC(N)C=C(C)CCC=C(C)CCC=C(C)C.